The first-order chi connectivity index (χ1) is 20.5. The fourth-order valence-corrected chi connectivity index (χ4v) is 5.06. The highest BCUT2D eigenvalue weighted by atomic mass is 16.4. The first-order valence-electron chi connectivity index (χ1n) is 14.2. The van der Waals surface area contributed by atoms with E-state index in [2.05, 4.69) is 26.6 Å². The number of carboxylic acid groups (broad SMARTS) is 2. The fourth-order valence-electron chi connectivity index (χ4n) is 5.06. The number of likely N-dealkylation sites (tertiary alicyclic amines) is 1. The van der Waals surface area contributed by atoms with E-state index in [0.717, 1.165) is 12.0 Å². The van der Waals surface area contributed by atoms with Crippen LogP contribution in [0.15, 0.2) is 30.3 Å². The summed E-state index contributed by atoms with van der Waals surface area (Å²) in [5, 5.41) is 30.8. The molecule has 0 saturated carbocycles. The van der Waals surface area contributed by atoms with Crippen molar-refractivity contribution in [3.05, 3.63) is 35.9 Å². The third-order valence-corrected chi connectivity index (χ3v) is 7.28. The van der Waals surface area contributed by atoms with Gasteiger partial charge in [-0.3, -0.25) is 33.6 Å². The predicted molar refractivity (Wildman–Crippen MR) is 150 cm³/mol. The second-order valence-electron chi connectivity index (χ2n) is 10.5. The second-order valence-corrected chi connectivity index (χ2v) is 10.5. The van der Waals surface area contributed by atoms with E-state index in [9.17, 15) is 33.6 Å². The van der Waals surface area contributed by atoms with E-state index >= 15 is 0 Å². The summed E-state index contributed by atoms with van der Waals surface area (Å²) in [7, 11) is 0. The van der Waals surface area contributed by atoms with Gasteiger partial charge in [0.2, 0.25) is 29.5 Å². The SMILES string of the molecule is O=C(O)CC[C@H](NC(=O)[C@@H]1CCCN1C(=O)CNC(=O)[C@H](Cc1ccccc1)NC(=O)[C@@H]1CCCN1)C(=O)NCC(=O)O. The summed E-state index contributed by atoms with van der Waals surface area (Å²) in [5.41, 5.74) is 0.815. The average Bonchev–Trinajstić information content (AvgIpc) is 3.70. The summed E-state index contributed by atoms with van der Waals surface area (Å²) in [5.74, 6) is -5.50. The van der Waals surface area contributed by atoms with Crippen molar-refractivity contribution in [3.63, 3.8) is 0 Å². The maximum absolute atomic E-state index is 13.2. The maximum atomic E-state index is 13.2. The molecule has 0 aromatic heterocycles. The maximum Gasteiger partial charge on any atom is 0.322 e. The van der Waals surface area contributed by atoms with Gasteiger partial charge in [-0.2, -0.15) is 0 Å². The highest BCUT2D eigenvalue weighted by Crippen LogP contribution is 2.18. The van der Waals surface area contributed by atoms with Crippen LogP contribution in [0.4, 0.5) is 0 Å². The summed E-state index contributed by atoms with van der Waals surface area (Å²) in [6.07, 6.45) is 1.71. The van der Waals surface area contributed by atoms with Crippen LogP contribution in [0, 0.1) is 0 Å². The molecule has 2 aliphatic heterocycles. The quantitative estimate of drug-likeness (QED) is 0.118. The smallest absolute Gasteiger partial charge is 0.322 e. The number of carboxylic acids is 2. The zero-order valence-corrected chi connectivity index (χ0v) is 23.7. The Bertz CT molecular complexity index is 1190. The minimum atomic E-state index is -1.32. The Morgan fingerprint density at radius 2 is 1.51 bits per heavy atom. The third kappa shape index (κ3) is 10.4. The first kappa shape index (κ1) is 33.0. The predicted octanol–water partition coefficient (Wildman–Crippen LogP) is -1.88. The summed E-state index contributed by atoms with van der Waals surface area (Å²) >= 11 is 0. The van der Waals surface area contributed by atoms with E-state index in [-0.39, 0.29) is 31.7 Å². The van der Waals surface area contributed by atoms with Gasteiger partial charge in [-0.05, 0) is 44.2 Å². The lowest BCUT2D eigenvalue weighted by Crippen LogP contribution is -2.56. The molecular formula is C28H38N6O9. The van der Waals surface area contributed by atoms with Gasteiger partial charge in [-0.25, -0.2) is 0 Å². The van der Waals surface area contributed by atoms with Gasteiger partial charge in [-0.15, -0.1) is 0 Å². The summed E-state index contributed by atoms with van der Waals surface area (Å²) in [6.45, 7) is -0.225. The van der Waals surface area contributed by atoms with Gasteiger partial charge in [0.15, 0.2) is 0 Å². The molecule has 2 saturated heterocycles. The summed E-state index contributed by atoms with van der Waals surface area (Å²) in [4.78, 5) is 87.6. The van der Waals surface area contributed by atoms with Crippen LogP contribution >= 0.6 is 0 Å². The van der Waals surface area contributed by atoms with E-state index in [1.54, 1.807) is 0 Å². The molecule has 0 aliphatic carbocycles. The van der Waals surface area contributed by atoms with Crippen molar-refractivity contribution in [1.29, 1.82) is 0 Å². The molecule has 234 valence electrons. The molecule has 15 nitrogen and oxygen atoms in total. The van der Waals surface area contributed by atoms with Crippen molar-refractivity contribution >= 4 is 41.5 Å². The van der Waals surface area contributed by atoms with Crippen LogP contribution in [-0.2, 0) is 40.0 Å². The van der Waals surface area contributed by atoms with Crippen LogP contribution in [0.1, 0.15) is 44.1 Å². The van der Waals surface area contributed by atoms with Gasteiger partial charge in [0.1, 0.15) is 24.7 Å². The largest absolute Gasteiger partial charge is 0.481 e. The third-order valence-electron chi connectivity index (χ3n) is 7.28. The molecule has 0 spiro atoms. The van der Waals surface area contributed by atoms with Gasteiger partial charge in [-0.1, -0.05) is 30.3 Å². The number of nitrogens with zero attached hydrogens (tertiary/aromatic N) is 1. The molecule has 0 radical (unpaired) electrons. The minimum absolute atomic E-state index is 0.204. The molecule has 5 amide bonds. The van der Waals surface area contributed by atoms with Crippen LogP contribution in [0.2, 0.25) is 0 Å². The zero-order chi connectivity index (χ0) is 31.4. The van der Waals surface area contributed by atoms with Crippen LogP contribution in [-0.4, -0.2) is 107 Å². The summed E-state index contributed by atoms with van der Waals surface area (Å²) < 4.78 is 0. The molecule has 15 heteroatoms. The van der Waals surface area contributed by atoms with Gasteiger partial charge < -0.3 is 41.7 Å². The van der Waals surface area contributed by atoms with E-state index < -0.39 is 79.2 Å². The van der Waals surface area contributed by atoms with Crippen molar-refractivity contribution in [2.45, 2.75) is 69.1 Å². The number of rotatable bonds is 15. The molecule has 1 aromatic rings. The van der Waals surface area contributed by atoms with E-state index in [4.69, 9.17) is 10.2 Å². The zero-order valence-electron chi connectivity index (χ0n) is 23.7. The minimum Gasteiger partial charge on any atom is -0.481 e. The molecule has 2 aliphatic rings. The van der Waals surface area contributed by atoms with Gasteiger partial charge in [0.05, 0.1) is 12.6 Å². The van der Waals surface area contributed by atoms with Crippen molar-refractivity contribution < 1.29 is 43.8 Å². The Kier molecular flexibility index (Phi) is 12.4. The highest BCUT2D eigenvalue weighted by molar-refractivity contribution is 5.95. The number of aliphatic carboxylic acids is 2. The van der Waals surface area contributed by atoms with Crippen molar-refractivity contribution in [1.82, 2.24) is 31.5 Å². The normalized spacial score (nSPS) is 19.1. The lowest BCUT2D eigenvalue weighted by atomic mass is 10.0. The fraction of sp³-hybridized carbons (Fsp3) is 0.536. The van der Waals surface area contributed by atoms with Crippen LogP contribution in [0.5, 0.6) is 0 Å². The van der Waals surface area contributed by atoms with E-state index in [0.29, 0.717) is 19.4 Å². The van der Waals surface area contributed by atoms with Gasteiger partial charge in [0, 0.05) is 19.4 Å². The topological polar surface area (TPSA) is 223 Å². The first-order valence-corrected chi connectivity index (χ1v) is 14.2. The molecule has 0 unspecified atom stereocenters. The number of carbonyl (C=O) groups excluding carboxylic acids is 5. The lowest BCUT2D eigenvalue weighted by Gasteiger charge is -2.27. The van der Waals surface area contributed by atoms with Gasteiger partial charge >= 0.3 is 11.9 Å². The van der Waals surface area contributed by atoms with Gasteiger partial charge in [0.25, 0.3) is 0 Å². The second kappa shape index (κ2) is 16.2. The lowest BCUT2D eigenvalue weighted by molar-refractivity contribution is -0.141. The number of hydrogen-bond acceptors (Lipinski definition) is 8. The molecule has 4 atom stereocenters. The Balaban J connectivity index is 1.61. The molecule has 0 bridgehead atoms. The Labute approximate surface area is 248 Å². The van der Waals surface area contributed by atoms with Crippen molar-refractivity contribution in [2.75, 3.05) is 26.2 Å². The molecule has 1 aromatic carbocycles. The number of hydrogen-bond donors (Lipinski definition) is 7. The molecule has 7 N–H and O–H groups in total. The number of benzene rings is 1. The molecule has 2 fully saturated rings. The monoisotopic (exact) mass is 602 g/mol. The van der Waals surface area contributed by atoms with E-state index in [1.807, 2.05) is 30.3 Å². The highest BCUT2D eigenvalue weighted by Gasteiger charge is 2.36. The van der Waals surface area contributed by atoms with E-state index in [1.165, 1.54) is 4.90 Å². The number of carbonyl (C=O) groups is 7. The van der Waals surface area contributed by atoms with Crippen LogP contribution in [0.3, 0.4) is 0 Å². The molecule has 3 rings (SSSR count). The Morgan fingerprint density at radius 3 is 2.16 bits per heavy atom. The number of nitrogens with one attached hydrogen (secondary N) is 5. The Morgan fingerprint density at radius 1 is 0.837 bits per heavy atom. The molecule has 2 heterocycles. The molecular weight excluding hydrogens is 564 g/mol. The molecule has 43 heavy (non-hydrogen) atoms. The van der Waals surface area contributed by atoms with Crippen LogP contribution < -0.4 is 26.6 Å². The summed E-state index contributed by atoms with van der Waals surface area (Å²) in [6, 6.07) is 5.47. The number of amides is 5. The average molecular weight is 603 g/mol. The van der Waals surface area contributed by atoms with Crippen LogP contribution in [0.25, 0.3) is 0 Å². The standard InChI is InChI=1S/C28H38N6O9/c35-22(15-30-26(41)20(14-17-6-2-1-3-7-17)33-27(42)18-8-4-12-29-18)34-13-5-9-21(34)28(43)32-19(10-11-23(36)37)25(40)31-16-24(38)39/h1-3,6-7,18-21,29H,4-5,8-16H2,(H,30,41)(H,31,40)(H,32,43)(H,33,42)(H,36,37)(H,38,39)/t18-,19-,20-,21-/m0/s1. The van der Waals surface area contributed by atoms with Crippen molar-refractivity contribution in [2.24, 2.45) is 0 Å². The van der Waals surface area contributed by atoms with Crippen molar-refractivity contribution in [3.8, 4) is 0 Å². The Hall–Kier alpha value is -4.53.